The van der Waals surface area contributed by atoms with Crippen LogP contribution in [-0.4, -0.2) is 114 Å². The van der Waals surface area contributed by atoms with Gasteiger partial charge in [-0.3, -0.25) is 9.78 Å². The van der Waals surface area contributed by atoms with E-state index in [1.54, 1.807) is 45.7 Å². The molecule has 3 aliphatic rings. The predicted octanol–water partition coefficient (Wildman–Crippen LogP) is 7.53. The van der Waals surface area contributed by atoms with Gasteiger partial charge in [-0.15, -0.1) is 0 Å². The van der Waals surface area contributed by atoms with Crippen molar-refractivity contribution in [3.05, 3.63) is 77.3 Å². The highest BCUT2D eigenvalue weighted by Crippen LogP contribution is 2.43. The van der Waals surface area contributed by atoms with Gasteiger partial charge >= 0.3 is 12.1 Å². The molecule has 5 rings (SSSR count). The molecule has 2 aromatic rings. The number of esters is 1. The van der Waals surface area contributed by atoms with Gasteiger partial charge in [0.2, 0.25) is 0 Å². The summed E-state index contributed by atoms with van der Waals surface area (Å²) in [6.45, 7) is 15.1. The summed E-state index contributed by atoms with van der Waals surface area (Å²) in [6.07, 6.45) is 1.95. The SMILES string of the molecule is CC[C@H]1OC(=O)[C@H](C)[C@@H](O/C=C\Cc2cccnc2)[C@H](C)[C@@H](O[C@@H]2O[C@H](C)C[C@H](N(C)C)[C@H]2O)[C@](C)(OC)C[C@@H](C)/C(=N\OCc2ccccc2Cl)[C@H](C)[C@H]2OC(=O)O[C@@]21C. The smallest absolute Gasteiger partial charge is 0.497 e. The average Bonchev–Trinajstić information content (AvgIpc) is 3.55. The normalized spacial score (nSPS) is 37.1. The van der Waals surface area contributed by atoms with E-state index >= 15 is 0 Å². The number of cyclic esters (lactones) is 1. The number of ether oxygens (including phenoxy) is 7. The molecule has 1 aromatic heterocycles. The van der Waals surface area contributed by atoms with Crippen LogP contribution in [0.2, 0.25) is 5.02 Å². The summed E-state index contributed by atoms with van der Waals surface area (Å²) < 4.78 is 44.6. The van der Waals surface area contributed by atoms with Crippen molar-refractivity contribution in [3.63, 3.8) is 0 Å². The fourth-order valence-corrected chi connectivity index (χ4v) is 9.45. The number of fused-ring (bicyclic) bond motifs is 1. The molecule has 61 heavy (non-hydrogen) atoms. The first-order valence-corrected chi connectivity index (χ1v) is 21.7. The van der Waals surface area contributed by atoms with Gasteiger partial charge in [-0.05, 0) is 91.2 Å². The number of carbonyl (C=O) groups is 2. The number of likely N-dealkylation sites (N-methyl/N-ethyl adjacent to an activating group) is 1. The minimum atomic E-state index is -1.40. The van der Waals surface area contributed by atoms with Gasteiger partial charge < -0.3 is 48.0 Å². The van der Waals surface area contributed by atoms with Crippen molar-refractivity contribution in [2.45, 2.75) is 148 Å². The van der Waals surface area contributed by atoms with Crippen LogP contribution < -0.4 is 0 Å². The molecule has 0 spiro atoms. The van der Waals surface area contributed by atoms with E-state index in [-0.39, 0.29) is 18.8 Å². The van der Waals surface area contributed by atoms with Crippen LogP contribution in [0, 0.1) is 23.7 Å². The second-order valence-corrected chi connectivity index (χ2v) is 17.9. The summed E-state index contributed by atoms with van der Waals surface area (Å²) in [6, 6.07) is 10.9. The highest BCUT2D eigenvalue weighted by molar-refractivity contribution is 6.31. The number of methoxy groups -OCH3 is 1. The third-order valence-electron chi connectivity index (χ3n) is 12.7. The third-order valence-corrected chi connectivity index (χ3v) is 13.1. The number of aliphatic hydroxyl groups is 1. The Hall–Kier alpha value is -3.79. The van der Waals surface area contributed by atoms with Gasteiger partial charge in [-0.1, -0.05) is 68.7 Å². The maximum atomic E-state index is 14.5. The van der Waals surface area contributed by atoms with Crippen LogP contribution in [0.15, 0.2) is 66.3 Å². The zero-order chi connectivity index (χ0) is 44.6. The number of allylic oxidation sites excluding steroid dienone is 1. The number of nitrogens with zero attached hydrogens (tertiary/aromatic N) is 3. The van der Waals surface area contributed by atoms with Gasteiger partial charge in [-0.25, -0.2) is 4.79 Å². The summed E-state index contributed by atoms with van der Waals surface area (Å²) in [5, 5.41) is 17.0. The molecule has 0 aliphatic carbocycles. The molecule has 3 fully saturated rings. The second kappa shape index (κ2) is 21.1. The van der Waals surface area contributed by atoms with Crippen LogP contribution in [0.5, 0.6) is 0 Å². The van der Waals surface area contributed by atoms with E-state index in [1.165, 1.54) is 0 Å². The molecular formula is C46H66ClN3O11. The number of hydrogen-bond donors (Lipinski definition) is 1. The van der Waals surface area contributed by atoms with Gasteiger partial charge in [0.15, 0.2) is 18.0 Å². The van der Waals surface area contributed by atoms with Crippen molar-refractivity contribution >= 4 is 29.4 Å². The quantitative estimate of drug-likeness (QED) is 0.127. The van der Waals surface area contributed by atoms with Gasteiger partial charge in [0.05, 0.1) is 35.7 Å². The molecule has 1 N–H and O–H groups in total. The Morgan fingerprint density at radius 1 is 1.05 bits per heavy atom. The Morgan fingerprint density at radius 3 is 2.44 bits per heavy atom. The molecule has 0 saturated carbocycles. The predicted molar refractivity (Wildman–Crippen MR) is 230 cm³/mol. The number of oxime groups is 1. The van der Waals surface area contributed by atoms with Crippen LogP contribution in [0.25, 0.3) is 0 Å². The lowest BCUT2D eigenvalue weighted by molar-refractivity contribution is -0.301. The van der Waals surface area contributed by atoms with Crippen molar-refractivity contribution in [2.75, 3.05) is 21.2 Å². The lowest BCUT2D eigenvalue weighted by atomic mass is 9.73. The molecule has 0 bridgehead atoms. The Labute approximate surface area is 366 Å². The zero-order valence-electron chi connectivity index (χ0n) is 37.5. The number of halogens is 1. The van der Waals surface area contributed by atoms with Gasteiger partial charge in [0.25, 0.3) is 0 Å². The fourth-order valence-electron chi connectivity index (χ4n) is 9.26. The molecule has 3 saturated heterocycles. The number of rotatable bonds is 12. The number of hydrogen-bond acceptors (Lipinski definition) is 14. The largest absolute Gasteiger partial charge is 0.509 e. The number of aliphatic hydroxyl groups excluding tert-OH is 1. The van der Waals surface area contributed by atoms with Gasteiger partial charge in [-0.2, -0.15) is 0 Å². The van der Waals surface area contributed by atoms with Gasteiger partial charge in [0.1, 0.15) is 24.9 Å². The minimum Gasteiger partial charge on any atom is -0.497 e. The molecule has 1 aromatic carbocycles. The maximum absolute atomic E-state index is 14.5. The summed E-state index contributed by atoms with van der Waals surface area (Å²) in [5.41, 5.74) is -0.281. The van der Waals surface area contributed by atoms with Crippen molar-refractivity contribution < 1.29 is 52.7 Å². The molecule has 14 atom stereocenters. The third kappa shape index (κ3) is 11.2. The average molecular weight is 872 g/mol. The van der Waals surface area contributed by atoms with Crippen molar-refractivity contribution in [2.24, 2.45) is 28.8 Å². The number of carbonyl (C=O) groups excluding carboxylic acids is 2. The summed E-state index contributed by atoms with van der Waals surface area (Å²) >= 11 is 6.48. The van der Waals surface area contributed by atoms with Gasteiger partial charge in [0, 0.05) is 53.9 Å². The van der Waals surface area contributed by atoms with Crippen LogP contribution >= 0.6 is 11.6 Å². The zero-order valence-corrected chi connectivity index (χ0v) is 38.2. The first-order valence-electron chi connectivity index (χ1n) is 21.4. The molecule has 0 amide bonds. The first kappa shape index (κ1) is 48.2. The Balaban J connectivity index is 1.63. The molecule has 14 nitrogen and oxygen atoms in total. The van der Waals surface area contributed by atoms with E-state index in [2.05, 4.69) is 4.98 Å². The molecular weight excluding hydrogens is 806 g/mol. The molecule has 4 heterocycles. The molecule has 0 unspecified atom stereocenters. The van der Waals surface area contributed by atoms with Crippen LogP contribution in [0.3, 0.4) is 0 Å². The lowest BCUT2D eigenvalue weighted by Gasteiger charge is -2.48. The topological polar surface area (TPSA) is 157 Å². The van der Waals surface area contributed by atoms with E-state index in [0.29, 0.717) is 36.4 Å². The van der Waals surface area contributed by atoms with E-state index in [9.17, 15) is 14.7 Å². The van der Waals surface area contributed by atoms with Crippen LogP contribution in [0.4, 0.5) is 4.79 Å². The van der Waals surface area contributed by atoms with Crippen molar-refractivity contribution in [3.8, 4) is 0 Å². The maximum Gasteiger partial charge on any atom is 0.509 e. The van der Waals surface area contributed by atoms with Crippen LogP contribution in [-0.2, 0) is 55.8 Å². The highest BCUT2D eigenvalue weighted by Gasteiger charge is 2.59. The number of aromatic nitrogens is 1. The molecule has 338 valence electrons. The van der Waals surface area contributed by atoms with Crippen molar-refractivity contribution in [1.29, 1.82) is 0 Å². The van der Waals surface area contributed by atoms with Crippen molar-refractivity contribution in [1.82, 2.24) is 9.88 Å². The highest BCUT2D eigenvalue weighted by atomic mass is 35.5. The second-order valence-electron chi connectivity index (χ2n) is 17.5. The lowest BCUT2D eigenvalue weighted by Crippen LogP contribution is -2.60. The fraction of sp³-hybridized carbons (Fsp3) is 0.652. The Kier molecular flexibility index (Phi) is 16.7. The number of benzene rings is 1. The molecule has 0 radical (unpaired) electrons. The Morgan fingerprint density at radius 2 is 1.79 bits per heavy atom. The summed E-state index contributed by atoms with van der Waals surface area (Å²) in [4.78, 5) is 39.8. The Bertz CT molecular complexity index is 1820. The number of pyridine rings is 1. The van der Waals surface area contributed by atoms with E-state index in [4.69, 9.17) is 54.8 Å². The summed E-state index contributed by atoms with van der Waals surface area (Å²) in [7, 11) is 5.44. The molecule has 3 aliphatic heterocycles. The van der Waals surface area contributed by atoms with Crippen LogP contribution in [0.1, 0.15) is 85.8 Å². The van der Waals surface area contributed by atoms with E-state index in [1.807, 2.05) is 96.9 Å². The first-order chi connectivity index (χ1) is 28.9. The minimum absolute atomic E-state index is 0.0771. The van der Waals surface area contributed by atoms with E-state index < -0.39 is 83.8 Å². The monoisotopic (exact) mass is 871 g/mol. The summed E-state index contributed by atoms with van der Waals surface area (Å²) in [5.74, 6) is -3.05. The molecule has 15 heteroatoms. The van der Waals surface area contributed by atoms with E-state index in [0.717, 1.165) is 11.1 Å². The standard InChI is InChI=1S/C46H66ClN3O11/c1-12-36-46(8)41(60-44(53)61-46)29(4)37(49-56-26-33-19-13-14-20-34(33)47)27(2)24-45(7,54-11)40(59-43-38(51)35(50(9)10)23-28(3)57-43)30(5)39(31(6)42(52)58-36)55-22-16-18-32-17-15-21-48-25-32/h13-17,19-22,25,27-31,35-36,38-41,43,51H,12,18,23-24,26H2,1-11H3/b22-16-,49-37+/t27-,28-,29+,30+,31-,35+,36-,38-,39+,40-,41-,43+,45-,46-/m1/s1.